The normalized spacial score (nSPS) is 15.3. The average Bonchev–Trinajstić information content (AvgIpc) is 3.05. The summed E-state index contributed by atoms with van der Waals surface area (Å²) in [5, 5.41) is 7.51. The van der Waals surface area contributed by atoms with E-state index in [0.29, 0.717) is 6.42 Å². The molecular weight excluding hydrogens is 228 g/mol. The van der Waals surface area contributed by atoms with Crippen molar-refractivity contribution < 1.29 is 4.79 Å². The van der Waals surface area contributed by atoms with E-state index in [1.54, 1.807) is 0 Å². The number of carbonyl (C=O) groups is 1. The highest BCUT2D eigenvalue weighted by Gasteiger charge is 2.16. The molecule has 1 saturated heterocycles. The lowest BCUT2D eigenvalue weighted by atomic mass is 10.3. The first-order valence-electron chi connectivity index (χ1n) is 6.79. The van der Waals surface area contributed by atoms with Crippen LogP contribution in [0.4, 0.5) is 0 Å². The predicted octanol–water partition coefficient (Wildman–Crippen LogP) is 1.01. The first kappa shape index (κ1) is 13.1. The van der Waals surface area contributed by atoms with Crippen LogP contribution in [0.15, 0.2) is 12.4 Å². The van der Waals surface area contributed by atoms with Crippen molar-refractivity contribution in [2.45, 2.75) is 39.3 Å². The molecule has 0 aliphatic carbocycles. The fourth-order valence-corrected chi connectivity index (χ4v) is 2.22. The summed E-state index contributed by atoms with van der Waals surface area (Å²) in [6.45, 7) is 6.39. The largest absolute Gasteiger partial charge is 0.343 e. The molecule has 1 aliphatic rings. The zero-order chi connectivity index (χ0) is 12.8. The van der Waals surface area contributed by atoms with Crippen molar-refractivity contribution in [3.05, 3.63) is 18.0 Å². The Morgan fingerprint density at radius 3 is 2.89 bits per heavy atom. The first-order valence-corrected chi connectivity index (χ1v) is 6.79. The fourth-order valence-electron chi connectivity index (χ4n) is 2.22. The second kappa shape index (κ2) is 6.54. The highest BCUT2D eigenvalue weighted by atomic mass is 16.2. The Morgan fingerprint density at radius 1 is 1.44 bits per heavy atom. The van der Waals surface area contributed by atoms with E-state index in [0.717, 1.165) is 45.6 Å². The van der Waals surface area contributed by atoms with Crippen LogP contribution in [-0.4, -0.2) is 40.2 Å². The number of aryl methyl sites for hydroxylation is 1. The van der Waals surface area contributed by atoms with Crippen LogP contribution in [0.2, 0.25) is 0 Å². The number of aromatic nitrogens is 2. The number of amides is 1. The molecule has 1 N–H and O–H groups in total. The maximum atomic E-state index is 11.8. The van der Waals surface area contributed by atoms with Crippen molar-refractivity contribution >= 4 is 5.91 Å². The van der Waals surface area contributed by atoms with E-state index in [1.165, 1.54) is 5.56 Å². The maximum absolute atomic E-state index is 11.8. The summed E-state index contributed by atoms with van der Waals surface area (Å²) in [5.74, 6) is 0.282. The number of carbonyl (C=O) groups excluding carboxylic acids is 1. The summed E-state index contributed by atoms with van der Waals surface area (Å²) in [6, 6.07) is 0. The number of likely N-dealkylation sites (tertiary alicyclic amines) is 1. The lowest BCUT2D eigenvalue weighted by molar-refractivity contribution is -0.130. The zero-order valence-electron chi connectivity index (χ0n) is 11.1. The van der Waals surface area contributed by atoms with E-state index in [9.17, 15) is 4.79 Å². The van der Waals surface area contributed by atoms with Crippen molar-refractivity contribution in [1.29, 1.82) is 0 Å². The van der Waals surface area contributed by atoms with Crippen molar-refractivity contribution in [3.8, 4) is 0 Å². The van der Waals surface area contributed by atoms with Gasteiger partial charge in [-0.15, -0.1) is 0 Å². The highest BCUT2D eigenvalue weighted by Crippen LogP contribution is 2.08. The molecule has 2 rings (SSSR count). The molecule has 100 valence electrons. The van der Waals surface area contributed by atoms with Gasteiger partial charge >= 0.3 is 0 Å². The Kier molecular flexibility index (Phi) is 4.75. The molecule has 0 aromatic carbocycles. The van der Waals surface area contributed by atoms with Gasteiger partial charge in [0.05, 0.1) is 6.20 Å². The summed E-state index contributed by atoms with van der Waals surface area (Å²) < 4.78 is 1.91. The summed E-state index contributed by atoms with van der Waals surface area (Å²) in [7, 11) is 0. The molecule has 5 nitrogen and oxygen atoms in total. The number of hydrogen-bond acceptors (Lipinski definition) is 3. The van der Waals surface area contributed by atoms with Gasteiger partial charge in [-0.1, -0.05) is 0 Å². The van der Waals surface area contributed by atoms with Crippen molar-refractivity contribution in [3.63, 3.8) is 0 Å². The average molecular weight is 250 g/mol. The molecule has 2 heterocycles. The van der Waals surface area contributed by atoms with E-state index in [4.69, 9.17) is 0 Å². The Hall–Kier alpha value is -1.36. The minimum absolute atomic E-state index is 0.282. The van der Waals surface area contributed by atoms with Gasteiger partial charge in [0.2, 0.25) is 5.91 Å². The number of hydrogen-bond donors (Lipinski definition) is 1. The Labute approximate surface area is 108 Å². The van der Waals surface area contributed by atoms with Crippen molar-refractivity contribution in [2.24, 2.45) is 0 Å². The van der Waals surface area contributed by atoms with Gasteiger partial charge in [-0.3, -0.25) is 9.48 Å². The van der Waals surface area contributed by atoms with Gasteiger partial charge in [0.1, 0.15) is 0 Å². The third kappa shape index (κ3) is 3.57. The van der Waals surface area contributed by atoms with Crippen LogP contribution in [0.3, 0.4) is 0 Å². The Morgan fingerprint density at radius 2 is 2.22 bits per heavy atom. The lowest BCUT2D eigenvalue weighted by Gasteiger charge is -2.14. The third-order valence-corrected chi connectivity index (χ3v) is 3.31. The molecule has 0 spiro atoms. The van der Waals surface area contributed by atoms with Crippen molar-refractivity contribution in [1.82, 2.24) is 20.0 Å². The fraction of sp³-hybridized carbons (Fsp3) is 0.692. The predicted molar refractivity (Wildman–Crippen MR) is 70.0 cm³/mol. The van der Waals surface area contributed by atoms with Crippen LogP contribution in [0, 0.1) is 0 Å². The van der Waals surface area contributed by atoms with Crippen LogP contribution in [0.1, 0.15) is 31.7 Å². The second-order valence-corrected chi connectivity index (χ2v) is 4.72. The molecule has 0 bridgehead atoms. The summed E-state index contributed by atoms with van der Waals surface area (Å²) in [6.07, 6.45) is 6.83. The van der Waals surface area contributed by atoms with Crippen LogP contribution in [0.25, 0.3) is 0 Å². The molecule has 1 fully saturated rings. The molecule has 1 aromatic rings. The molecule has 0 unspecified atom stereocenters. The standard InChI is InChI=1S/C13H22N4O/c1-2-17-11-12(10-15-17)9-14-6-5-13(18)16-7-3-4-8-16/h10-11,14H,2-9H2,1H3. The van der Waals surface area contributed by atoms with E-state index < -0.39 is 0 Å². The molecule has 0 saturated carbocycles. The van der Waals surface area contributed by atoms with Crippen LogP contribution in [0.5, 0.6) is 0 Å². The number of nitrogens with one attached hydrogen (secondary N) is 1. The Balaban J connectivity index is 1.62. The first-order chi connectivity index (χ1) is 8.79. The van der Waals surface area contributed by atoms with E-state index in [2.05, 4.69) is 17.3 Å². The molecule has 5 heteroatoms. The molecule has 0 atom stereocenters. The molecule has 1 aliphatic heterocycles. The van der Waals surface area contributed by atoms with Gasteiger partial charge in [0.25, 0.3) is 0 Å². The second-order valence-electron chi connectivity index (χ2n) is 4.72. The SMILES string of the molecule is CCn1cc(CNCCC(=O)N2CCCC2)cn1. The van der Waals surface area contributed by atoms with Crippen molar-refractivity contribution in [2.75, 3.05) is 19.6 Å². The molecule has 1 amide bonds. The minimum Gasteiger partial charge on any atom is -0.343 e. The molecular formula is C13H22N4O. The van der Waals surface area contributed by atoms with Crippen LogP contribution in [-0.2, 0) is 17.9 Å². The van der Waals surface area contributed by atoms with Gasteiger partial charge in [-0.05, 0) is 19.8 Å². The molecule has 0 radical (unpaired) electrons. The summed E-state index contributed by atoms with van der Waals surface area (Å²) in [4.78, 5) is 13.7. The number of rotatable bonds is 6. The van der Waals surface area contributed by atoms with Gasteiger partial charge in [0.15, 0.2) is 0 Å². The Bertz CT molecular complexity index is 382. The van der Waals surface area contributed by atoms with Gasteiger partial charge in [0, 0.05) is 50.9 Å². The summed E-state index contributed by atoms with van der Waals surface area (Å²) in [5.41, 5.74) is 1.17. The smallest absolute Gasteiger partial charge is 0.223 e. The minimum atomic E-state index is 0.282. The third-order valence-electron chi connectivity index (χ3n) is 3.31. The van der Waals surface area contributed by atoms with Crippen LogP contribution < -0.4 is 5.32 Å². The summed E-state index contributed by atoms with van der Waals surface area (Å²) >= 11 is 0. The van der Waals surface area contributed by atoms with E-state index in [1.807, 2.05) is 22.0 Å². The van der Waals surface area contributed by atoms with Gasteiger partial charge < -0.3 is 10.2 Å². The topological polar surface area (TPSA) is 50.2 Å². The zero-order valence-corrected chi connectivity index (χ0v) is 11.1. The van der Waals surface area contributed by atoms with E-state index in [-0.39, 0.29) is 5.91 Å². The van der Waals surface area contributed by atoms with Gasteiger partial charge in [-0.25, -0.2) is 0 Å². The molecule has 1 aromatic heterocycles. The quantitative estimate of drug-likeness (QED) is 0.766. The van der Waals surface area contributed by atoms with Gasteiger partial charge in [-0.2, -0.15) is 5.10 Å². The monoisotopic (exact) mass is 250 g/mol. The lowest BCUT2D eigenvalue weighted by Crippen LogP contribution is -2.30. The number of nitrogens with zero attached hydrogens (tertiary/aromatic N) is 3. The highest BCUT2D eigenvalue weighted by molar-refractivity contribution is 5.76. The van der Waals surface area contributed by atoms with Crippen LogP contribution >= 0.6 is 0 Å². The maximum Gasteiger partial charge on any atom is 0.223 e. The van der Waals surface area contributed by atoms with E-state index >= 15 is 0 Å². The molecule has 18 heavy (non-hydrogen) atoms.